The third kappa shape index (κ3) is 4.31. The quantitative estimate of drug-likeness (QED) is 0.428. The lowest BCUT2D eigenvalue weighted by Crippen LogP contribution is -2.52. The number of benzene rings is 2. The van der Waals surface area contributed by atoms with Crippen molar-refractivity contribution in [3.8, 4) is 11.3 Å². The molecule has 1 aromatic heterocycles. The zero-order valence-electron chi connectivity index (χ0n) is 17.1. The number of amides is 1. The highest BCUT2D eigenvalue weighted by molar-refractivity contribution is 7.80. The lowest BCUT2D eigenvalue weighted by Gasteiger charge is -2.35. The Bertz CT molecular complexity index is 1050. The molecule has 0 bridgehead atoms. The van der Waals surface area contributed by atoms with E-state index in [4.69, 9.17) is 16.7 Å². The van der Waals surface area contributed by atoms with Crippen LogP contribution in [-0.2, 0) is 0 Å². The lowest BCUT2D eigenvalue weighted by atomic mass is 9.78. The predicted octanol–water partition coefficient (Wildman–Crippen LogP) is 4.43. The van der Waals surface area contributed by atoms with E-state index in [1.165, 1.54) is 12.8 Å². The van der Waals surface area contributed by atoms with Gasteiger partial charge in [0.15, 0.2) is 10.9 Å². The number of hydrogen-bond donors (Lipinski definition) is 3. The second kappa shape index (κ2) is 8.83. The van der Waals surface area contributed by atoms with Gasteiger partial charge in [-0.2, -0.15) is 0 Å². The number of rotatable bonds is 3. The van der Waals surface area contributed by atoms with Gasteiger partial charge in [0.25, 0.3) is 5.91 Å². The number of carbonyl (C=O) groups excluding carboxylic acids is 1. The lowest BCUT2D eigenvalue weighted by molar-refractivity contribution is 0.0943. The highest BCUT2D eigenvalue weighted by Crippen LogP contribution is 2.30. The summed E-state index contributed by atoms with van der Waals surface area (Å²) in [6.45, 7) is 4.53. The molecule has 0 unspecified atom stereocenters. The molecule has 4 rings (SSSR count). The maximum atomic E-state index is 12.7. The Morgan fingerprint density at radius 3 is 2.70 bits per heavy atom. The fourth-order valence-electron chi connectivity index (χ4n) is 4.06. The standard InChI is InChI=1S/C23H26N4O2S/c1-14-7-6-10-19(15(14)2)24-23(30)26-25-22(28)17-11-12-20-18(13-17)21(29-27-20)16-8-4-3-5-9-16/h3-5,8-9,11-15,19H,6-7,10H2,1-2H3,(H,25,28)(H2,24,26,30)/t14-,15+,19-/m0/s1. The Morgan fingerprint density at radius 2 is 1.90 bits per heavy atom. The van der Waals surface area contributed by atoms with E-state index in [2.05, 4.69) is 35.2 Å². The van der Waals surface area contributed by atoms with Gasteiger partial charge in [0.2, 0.25) is 0 Å². The van der Waals surface area contributed by atoms with Gasteiger partial charge in [-0.15, -0.1) is 0 Å². The minimum Gasteiger partial charge on any atom is -0.358 e. The van der Waals surface area contributed by atoms with Gasteiger partial charge in [-0.05, 0) is 48.7 Å². The average molecular weight is 423 g/mol. The molecule has 1 amide bonds. The van der Waals surface area contributed by atoms with Crippen LogP contribution in [0.2, 0.25) is 0 Å². The number of aromatic nitrogens is 1. The van der Waals surface area contributed by atoms with E-state index in [-0.39, 0.29) is 5.91 Å². The molecule has 156 valence electrons. The van der Waals surface area contributed by atoms with E-state index in [0.29, 0.717) is 39.8 Å². The van der Waals surface area contributed by atoms with E-state index < -0.39 is 0 Å². The van der Waals surface area contributed by atoms with Crippen LogP contribution < -0.4 is 16.2 Å². The van der Waals surface area contributed by atoms with Crippen molar-refractivity contribution in [3.05, 3.63) is 54.1 Å². The molecule has 2 aromatic carbocycles. The molecule has 6 nitrogen and oxygen atoms in total. The number of carbonyl (C=O) groups is 1. The minimum absolute atomic E-state index is 0.272. The molecule has 0 radical (unpaired) electrons. The van der Waals surface area contributed by atoms with Crippen LogP contribution in [0.4, 0.5) is 0 Å². The molecule has 1 aliphatic carbocycles. The summed E-state index contributed by atoms with van der Waals surface area (Å²) >= 11 is 5.38. The van der Waals surface area contributed by atoms with Crippen molar-refractivity contribution in [2.75, 3.05) is 0 Å². The van der Waals surface area contributed by atoms with Crippen LogP contribution in [0, 0.1) is 11.8 Å². The van der Waals surface area contributed by atoms with Gasteiger partial charge in [0.1, 0.15) is 5.52 Å². The maximum absolute atomic E-state index is 12.7. The molecule has 0 saturated heterocycles. The molecule has 0 aliphatic heterocycles. The van der Waals surface area contributed by atoms with Crippen LogP contribution in [0.15, 0.2) is 53.1 Å². The molecule has 1 saturated carbocycles. The SMILES string of the molecule is C[C@H]1[C@@H](NC(=S)NNC(=O)c2ccc3noc(-c4ccccc4)c3c2)CCC[C@@H]1C. The van der Waals surface area contributed by atoms with Crippen molar-refractivity contribution in [2.24, 2.45) is 11.8 Å². The monoisotopic (exact) mass is 422 g/mol. The Labute approximate surface area is 181 Å². The van der Waals surface area contributed by atoms with Gasteiger partial charge in [0.05, 0.1) is 5.39 Å². The van der Waals surface area contributed by atoms with Gasteiger partial charge in [0, 0.05) is 17.2 Å². The third-order valence-corrected chi connectivity index (χ3v) is 6.31. The average Bonchev–Trinajstić information content (AvgIpc) is 3.19. The predicted molar refractivity (Wildman–Crippen MR) is 122 cm³/mol. The molecule has 0 spiro atoms. The van der Waals surface area contributed by atoms with Crippen LogP contribution in [-0.4, -0.2) is 22.2 Å². The molecular formula is C23H26N4O2S. The van der Waals surface area contributed by atoms with Crippen LogP contribution >= 0.6 is 12.2 Å². The molecule has 1 aliphatic rings. The first-order chi connectivity index (χ1) is 14.5. The van der Waals surface area contributed by atoms with Crippen LogP contribution in [0.5, 0.6) is 0 Å². The summed E-state index contributed by atoms with van der Waals surface area (Å²) in [4.78, 5) is 12.7. The largest absolute Gasteiger partial charge is 0.358 e. The van der Waals surface area contributed by atoms with E-state index in [1.54, 1.807) is 18.2 Å². The fourth-order valence-corrected chi connectivity index (χ4v) is 4.26. The van der Waals surface area contributed by atoms with Crippen LogP contribution in [0.25, 0.3) is 22.2 Å². The minimum atomic E-state index is -0.272. The summed E-state index contributed by atoms with van der Waals surface area (Å²) in [6, 6.07) is 15.3. The zero-order valence-corrected chi connectivity index (χ0v) is 18.0. The number of hydrazine groups is 1. The maximum Gasteiger partial charge on any atom is 0.269 e. The summed E-state index contributed by atoms with van der Waals surface area (Å²) in [5, 5.41) is 8.66. The second-order valence-corrected chi connectivity index (χ2v) is 8.44. The first-order valence-electron chi connectivity index (χ1n) is 10.3. The normalized spacial score (nSPS) is 21.2. The highest BCUT2D eigenvalue weighted by atomic mass is 32.1. The van der Waals surface area contributed by atoms with Gasteiger partial charge >= 0.3 is 0 Å². The Balaban J connectivity index is 1.41. The molecule has 30 heavy (non-hydrogen) atoms. The Morgan fingerprint density at radius 1 is 1.10 bits per heavy atom. The summed E-state index contributed by atoms with van der Waals surface area (Å²) in [6.07, 6.45) is 3.54. The fraction of sp³-hybridized carbons (Fsp3) is 0.348. The summed E-state index contributed by atoms with van der Waals surface area (Å²) in [5.74, 6) is 1.58. The van der Waals surface area contributed by atoms with Gasteiger partial charge < -0.3 is 9.84 Å². The van der Waals surface area contributed by atoms with Crippen LogP contribution in [0.3, 0.4) is 0 Å². The van der Waals surface area contributed by atoms with Crippen molar-refractivity contribution in [1.82, 2.24) is 21.3 Å². The molecular weight excluding hydrogens is 396 g/mol. The Hall–Kier alpha value is -2.93. The molecule has 1 fully saturated rings. The van der Waals surface area contributed by atoms with Crippen molar-refractivity contribution in [3.63, 3.8) is 0 Å². The smallest absolute Gasteiger partial charge is 0.269 e. The Kier molecular flexibility index (Phi) is 5.99. The van der Waals surface area contributed by atoms with Gasteiger partial charge in [-0.3, -0.25) is 15.6 Å². The number of nitrogens with one attached hydrogen (secondary N) is 3. The first-order valence-corrected chi connectivity index (χ1v) is 10.8. The summed E-state index contributed by atoms with van der Waals surface area (Å²) < 4.78 is 5.51. The van der Waals surface area contributed by atoms with Crippen molar-refractivity contribution in [1.29, 1.82) is 0 Å². The summed E-state index contributed by atoms with van der Waals surface area (Å²) in [7, 11) is 0. The number of nitrogens with zero attached hydrogens (tertiary/aromatic N) is 1. The van der Waals surface area contributed by atoms with E-state index in [9.17, 15) is 4.79 Å². The molecule has 1 heterocycles. The third-order valence-electron chi connectivity index (χ3n) is 6.09. The van der Waals surface area contributed by atoms with Crippen molar-refractivity contribution >= 4 is 34.1 Å². The number of fused-ring (bicyclic) bond motifs is 1. The van der Waals surface area contributed by atoms with E-state index >= 15 is 0 Å². The van der Waals surface area contributed by atoms with E-state index in [0.717, 1.165) is 17.4 Å². The van der Waals surface area contributed by atoms with Gasteiger partial charge in [-0.1, -0.05) is 62.2 Å². The molecule has 3 atom stereocenters. The highest BCUT2D eigenvalue weighted by Gasteiger charge is 2.27. The molecule has 3 aromatic rings. The topological polar surface area (TPSA) is 79.2 Å². The zero-order chi connectivity index (χ0) is 21.1. The number of hydrogen-bond acceptors (Lipinski definition) is 4. The first kappa shape index (κ1) is 20.3. The summed E-state index contributed by atoms with van der Waals surface area (Å²) in [5.41, 5.74) is 7.64. The number of thiocarbonyl (C=S) groups is 1. The molecule has 3 N–H and O–H groups in total. The van der Waals surface area contributed by atoms with Crippen molar-refractivity contribution in [2.45, 2.75) is 39.2 Å². The van der Waals surface area contributed by atoms with Crippen molar-refractivity contribution < 1.29 is 9.32 Å². The molecule has 7 heteroatoms. The van der Waals surface area contributed by atoms with E-state index in [1.807, 2.05) is 30.3 Å². The second-order valence-electron chi connectivity index (χ2n) is 8.04. The van der Waals surface area contributed by atoms with Gasteiger partial charge in [-0.25, -0.2) is 0 Å². The van der Waals surface area contributed by atoms with Crippen LogP contribution in [0.1, 0.15) is 43.5 Å².